The fraction of sp³-hybridized carbons (Fsp3) is 0.0714. The van der Waals surface area contributed by atoms with Gasteiger partial charge in [-0.3, -0.25) is 4.79 Å². The van der Waals surface area contributed by atoms with Crippen LogP contribution in [0.1, 0.15) is 15.9 Å². The van der Waals surface area contributed by atoms with Crippen molar-refractivity contribution in [2.24, 2.45) is 0 Å². The van der Waals surface area contributed by atoms with E-state index in [0.717, 1.165) is 30.3 Å². The van der Waals surface area contributed by atoms with E-state index in [1.54, 1.807) is 0 Å². The van der Waals surface area contributed by atoms with Gasteiger partial charge < -0.3 is 10.4 Å². The third-order valence-corrected chi connectivity index (χ3v) is 2.64. The van der Waals surface area contributed by atoms with Gasteiger partial charge in [-0.05, 0) is 29.8 Å². The Kier molecular flexibility index (Phi) is 3.93. The Morgan fingerprint density at radius 3 is 2.45 bits per heavy atom. The van der Waals surface area contributed by atoms with Crippen molar-refractivity contribution in [3.63, 3.8) is 0 Å². The van der Waals surface area contributed by atoms with Gasteiger partial charge in [-0.25, -0.2) is 13.2 Å². The van der Waals surface area contributed by atoms with Crippen LogP contribution in [-0.4, -0.2) is 11.0 Å². The van der Waals surface area contributed by atoms with Gasteiger partial charge in [0.25, 0.3) is 5.91 Å². The quantitative estimate of drug-likeness (QED) is 0.908. The van der Waals surface area contributed by atoms with Crippen LogP contribution in [0.4, 0.5) is 13.2 Å². The lowest BCUT2D eigenvalue weighted by Crippen LogP contribution is -2.23. The molecule has 0 saturated heterocycles. The largest absolute Gasteiger partial charge is 0.507 e. The van der Waals surface area contributed by atoms with E-state index >= 15 is 0 Å². The molecule has 0 radical (unpaired) electrons. The maximum atomic E-state index is 13.0. The number of halogens is 3. The van der Waals surface area contributed by atoms with Crippen molar-refractivity contribution in [3.8, 4) is 5.75 Å². The average molecular weight is 281 g/mol. The van der Waals surface area contributed by atoms with E-state index in [9.17, 15) is 23.1 Å². The van der Waals surface area contributed by atoms with Crippen molar-refractivity contribution in [2.45, 2.75) is 6.54 Å². The minimum absolute atomic E-state index is 0.0488. The number of carbonyl (C=O) groups excluding carboxylic acids is 1. The summed E-state index contributed by atoms with van der Waals surface area (Å²) in [6.45, 7) is -0.0488. The molecule has 2 rings (SSSR count). The number of phenols is 1. The zero-order valence-electron chi connectivity index (χ0n) is 10.2. The molecule has 0 aromatic heterocycles. The number of rotatable bonds is 3. The van der Waals surface area contributed by atoms with E-state index in [4.69, 9.17) is 0 Å². The van der Waals surface area contributed by atoms with E-state index in [1.165, 1.54) is 6.07 Å². The molecular weight excluding hydrogens is 271 g/mol. The van der Waals surface area contributed by atoms with Crippen LogP contribution in [-0.2, 0) is 6.54 Å². The molecule has 3 nitrogen and oxygen atoms in total. The van der Waals surface area contributed by atoms with Gasteiger partial charge in [-0.1, -0.05) is 6.07 Å². The molecule has 0 fully saturated rings. The molecule has 0 bridgehead atoms. The number of carbonyl (C=O) groups is 1. The summed E-state index contributed by atoms with van der Waals surface area (Å²) in [6.07, 6.45) is 0. The molecule has 0 saturated carbocycles. The summed E-state index contributed by atoms with van der Waals surface area (Å²) in [4.78, 5) is 11.7. The topological polar surface area (TPSA) is 49.3 Å². The van der Waals surface area contributed by atoms with Crippen molar-refractivity contribution in [3.05, 3.63) is 65.0 Å². The van der Waals surface area contributed by atoms with Crippen LogP contribution in [0, 0.1) is 17.5 Å². The fourth-order valence-electron chi connectivity index (χ4n) is 1.62. The number of benzene rings is 2. The molecule has 2 aromatic rings. The van der Waals surface area contributed by atoms with E-state index in [2.05, 4.69) is 5.32 Å². The van der Waals surface area contributed by atoms with Gasteiger partial charge in [0.1, 0.15) is 11.6 Å². The van der Waals surface area contributed by atoms with Crippen LogP contribution in [0.15, 0.2) is 36.4 Å². The Balaban J connectivity index is 2.06. The minimum atomic E-state index is -1.01. The highest BCUT2D eigenvalue weighted by Crippen LogP contribution is 2.18. The number of aromatic hydroxyl groups is 1. The Labute approximate surface area is 112 Å². The molecule has 0 spiro atoms. The molecule has 0 atom stereocenters. The zero-order chi connectivity index (χ0) is 14.7. The lowest BCUT2D eigenvalue weighted by molar-refractivity contribution is 0.0948. The molecule has 0 aliphatic carbocycles. The standard InChI is InChI=1S/C14H10F3NO2/c15-9-2-3-10(13(19)6-9)14(20)18-7-8-1-4-11(16)12(17)5-8/h1-6,19H,7H2,(H,18,20). The molecule has 0 aliphatic rings. The average Bonchev–Trinajstić information content (AvgIpc) is 2.40. The van der Waals surface area contributed by atoms with Gasteiger partial charge in [0.05, 0.1) is 5.56 Å². The first-order valence-electron chi connectivity index (χ1n) is 5.68. The first kappa shape index (κ1) is 13.9. The summed E-state index contributed by atoms with van der Waals surface area (Å²) in [7, 11) is 0. The predicted octanol–water partition coefficient (Wildman–Crippen LogP) is 2.74. The summed E-state index contributed by atoms with van der Waals surface area (Å²) >= 11 is 0. The second kappa shape index (κ2) is 5.64. The summed E-state index contributed by atoms with van der Waals surface area (Å²) in [6, 6.07) is 6.21. The van der Waals surface area contributed by atoms with Crippen molar-refractivity contribution >= 4 is 5.91 Å². The Morgan fingerprint density at radius 1 is 1.05 bits per heavy atom. The van der Waals surface area contributed by atoms with Crippen LogP contribution < -0.4 is 5.32 Å². The molecular formula is C14H10F3NO2. The monoisotopic (exact) mass is 281 g/mol. The molecule has 1 amide bonds. The van der Waals surface area contributed by atoms with Gasteiger partial charge >= 0.3 is 0 Å². The van der Waals surface area contributed by atoms with Gasteiger partial charge in [-0.2, -0.15) is 0 Å². The smallest absolute Gasteiger partial charge is 0.255 e. The van der Waals surface area contributed by atoms with E-state index in [1.807, 2.05) is 0 Å². The Hall–Kier alpha value is -2.50. The van der Waals surface area contributed by atoms with Gasteiger partial charge in [0.2, 0.25) is 0 Å². The molecule has 2 N–H and O–H groups in total. The van der Waals surface area contributed by atoms with E-state index in [0.29, 0.717) is 5.56 Å². The highest BCUT2D eigenvalue weighted by atomic mass is 19.2. The maximum Gasteiger partial charge on any atom is 0.255 e. The summed E-state index contributed by atoms with van der Waals surface area (Å²) in [5, 5.41) is 11.8. The fourth-order valence-corrected chi connectivity index (χ4v) is 1.62. The Morgan fingerprint density at radius 2 is 1.80 bits per heavy atom. The van der Waals surface area contributed by atoms with Crippen molar-refractivity contribution < 1.29 is 23.1 Å². The third-order valence-electron chi connectivity index (χ3n) is 2.64. The summed E-state index contributed by atoms with van der Waals surface area (Å²) in [5.41, 5.74) is 0.257. The van der Waals surface area contributed by atoms with Crippen LogP contribution in [0.2, 0.25) is 0 Å². The molecule has 0 heterocycles. The molecule has 2 aromatic carbocycles. The van der Waals surface area contributed by atoms with Crippen molar-refractivity contribution in [1.82, 2.24) is 5.32 Å². The molecule has 0 aliphatic heterocycles. The normalized spacial score (nSPS) is 10.3. The molecule has 6 heteroatoms. The number of hydrogen-bond acceptors (Lipinski definition) is 2. The van der Waals surface area contributed by atoms with Gasteiger partial charge in [-0.15, -0.1) is 0 Å². The molecule has 0 unspecified atom stereocenters. The third kappa shape index (κ3) is 3.09. The Bertz CT molecular complexity index is 659. The van der Waals surface area contributed by atoms with E-state index < -0.39 is 29.1 Å². The number of amides is 1. The second-order valence-corrected chi connectivity index (χ2v) is 4.09. The minimum Gasteiger partial charge on any atom is -0.507 e. The summed E-state index contributed by atoms with van der Waals surface area (Å²) < 4.78 is 38.5. The zero-order valence-corrected chi connectivity index (χ0v) is 10.2. The predicted molar refractivity (Wildman–Crippen MR) is 65.6 cm³/mol. The lowest BCUT2D eigenvalue weighted by atomic mass is 10.1. The van der Waals surface area contributed by atoms with Gasteiger partial charge in [0.15, 0.2) is 11.6 Å². The molecule has 104 valence electrons. The summed E-state index contributed by atoms with van der Waals surface area (Å²) in [5.74, 6) is -3.79. The van der Waals surface area contributed by atoms with Crippen LogP contribution in [0.5, 0.6) is 5.75 Å². The van der Waals surface area contributed by atoms with Crippen LogP contribution in [0.25, 0.3) is 0 Å². The van der Waals surface area contributed by atoms with E-state index in [-0.39, 0.29) is 12.1 Å². The first-order chi connectivity index (χ1) is 9.47. The second-order valence-electron chi connectivity index (χ2n) is 4.09. The van der Waals surface area contributed by atoms with Gasteiger partial charge in [0, 0.05) is 12.6 Å². The molecule has 20 heavy (non-hydrogen) atoms. The van der Waals surface area contributed by atoms with Crippen LogP contribution in [0.3, 0.4) is 0 Å². The first-order valence-corrected chi connectivity index (χ1v) is 5.68. The van der Waals surface area contributed by atoms with Crippen molar-refractivity contribution in [2.75, 3.05) is 0 Å². The maximum absolute atomic E-state index is 13.0. The van der Waals surface area contributed by atoms with Crippen molar-refractivity contribution in [1.29, 1.82) is 0 Å². The lowest BCUT2D eigenvalue weighted by Gasteiger charge is -2.07. The van der Waals surface area contributed by atoms with Crippen LogP contribution >= 0.6 is 0 Å². The highest BCUT2D eigenvalue weighted by molar-refractivity contribution is 5.96. The SMILES string of the molecule is O=C(NCc1ccc(F)c(F)c1)c1ccc(F)cc1O. The highest BCUT2D eigenvalue weighted by Gasteiger charge is 2.12. The number of hydrogen-bond donors (Lipinski definition) is 2. The number of phenolic OH excluding ortho intramolecular Hbond substituents is 1. The number of nitrogens with one attached hydrogen (secondary N) is 1.